The molecule has 30 rings (SSSR count). The third-order valence-corrected chi connectivity index (χ3v) is 28.1. The lowest BCUT2D eigenvalue weighted by molar-refractivity contribution is 0.754. The number of hydrogen-bond donors (Lipinski definition) is 0. The third kappa shape index (κ3) is 14.6. The van der Waals surface area contributed by atoms with Crippen LogP contribution in [0.5, 0.6) is 0 Å². The zero-order valence-electron chi connectivity index (χ0n) is 76.6. The van der Waals surface area contributed by atoms with E-state index < -0.39 is 0 Å². The van der Waals surface area contributed by atoms with Crippen molar-refractivity contribution in [1.82, 2.24) is 68.9 Å². The molecule has 0 spiro atoms. The predicted molar refractivity (Wildman–Crippen MR) is 566 cm³/mol. The molecule has 4 unspecified atom stereocenters. The number of aromatic nitrogens is 14. The first-order chi connectivity index (χ1) is 70.4. The average molecular weight is 1820 g/mol. The van der Waals surface area contributed by atoms with Gasteiger partial charge in [-0.2, -0.15) is 0 Å². The zero-order valence-corrected chi connectivity index (χ0v) is 76.6. The summed E-state index contributed by atoms with van der Waals surface area (Å²) in [5.41, 5.74) is 38.8. The molecule has 6 aromatic heterocycles. The summed E-state index contributed by atoms with van der Waals surface area (Å²) in [5, 5.41) is 0. The van der Waals surface area contributed by atoms with E-state index in [1.807, 2.05) is 133 Å². The largest absolute Gasteiger partial charge is 0.292 e. The Hall–Kier alpha value is -18.9. The molecule has 664 valence electrons. The number of nitrogens with zero attached hydrogens (tertiary/aromatic N) is 14. The predicted octanol–water partition coefficient (Wildman–Crippen LogP) is 29.3. The van der Waals surface area contributed by atoms with E-state index in [9.17, 15) is 0 Å². The van der Waals surface area contributed by atoms with Gasteiger partial charge in [0.15, 0.2) is 46.6 Å². The van der Waals surface area contributed by atoms with E-state index in [4.69, 9.17) is 59.8 Å². The first-order valence-corrected chi connectivity index (χ1v) is 48.0. The van der Waals surface area contributed by atoms with Gasteiger partial charge in [0.2, 0.25) is 0 Å². The molecular formula is C128H82N14. The van der Waals surface area contributed by atoms with Crippen LogP contribution in [-0.4, -0.2) is 68.9 Å². The van der Waals surface area contributed by atoms with Crippen molar-refractivity contribution in [1.29, 1.82) is 0 Å². The quantitative estimate of drug-likeness (QED) is 0.0900. The minimum Gasteiger partial charge on any atom is -0.292 e. The second kappa shape index (κ2) is 34.7. The van der Waals surface area contributed by atoms with Crippen LogP contribution in [0.4, 0.5) is 0 Å². The Labute approximate surface area is 819 Å². The molecular weight excluding hydrogens is 1730 g/mol. The topological polar surface area (TPSA) is 165 Å². The van der Waals surface area contributed by atoms with E-state index in [0.717, 1.165) is 146 Å². The van der Waals surface area contributed by atoms with Gasteiger partial charge in [0.05, 0.1) is 50.5 Å². The molecule has 0 amide bonds. The molecule has 6 aliphatic rings. The van der Waals surface area contributed by atoms with E-state index in [0.29, 0.717) is 46.6 Å². The number of benzene rings is 18. The highest BCUT2D eigenvalue weighted by Crippen LogP contribution is 2.59. The van der Waals surface area contributed by atoms with Gasteiger partial charge >= 0.3 is 0 Å². The molecule has 6 heterocycles. The van der Waals surface area contributed by atoms with Gasteiger partial charge in [-0.3, -0.25) is 9.13 Å². The molecule has 0 radical (unpaired) electrons. The first kappa shape index (κ1) is 82.5. The van der Waals surface area contributed by atoms with Gasteiger partial charge in [-0.05, 0) is 146 Å². The normalized spacial score (nSPS) is 14.2. The minimum atomic E-state index is 0.0230. The highest BCUT2D eigenvalue weighted by molar-refractivity contribution is 5.90. The monoisotopic (exact) mass is 1810 g/mol. The number of para-hydroxylation sites is 5. The average Bonchev–Trinajstić information content (AvgIpc) is 0.850. The van der Waals surface area contributed by atoms with Crippen LogP contribution < -0.4 is 0 Å². The smallest absolute Gasteiger partial charge is 0.164 e. The van der Waals surface area contributed by atoms with Gasteiger partial charge in [-0.25, -0.2) is 59.8 Å². The Morgan fingerprint density at radius 3 is 0.775 bits per heavy atom. The summed E-state index contributed by atoms with van der Waals surface area (Å²) < 4.78 is 4.52. The van der Waals surface area contributed by atoms with Gasteiger partial charge in [-0.15, -0.1) is 0 Å². The third-order valence-electron chi connectivity index (χ3n) is 28.1. The minimum absolute atomic E-state index is 0.0230. The number of hydrogen-bond acceptors (Lipinski definition) is 12. The molecule has 0 saturated heterocycles. The maximum absolute atomic E-state index is 5.36. The summed E-state index contributed by atoms with van der Waals surface area (Å²) in [6, 6.07) is 166. The lowest BCUT2D eigenvalue weighted by atomic mass is 9.60. The van der Waals surface area contributed by atoms with Crippen molar-refractivity contribution in [2.75, 3.05) is 0 Å². The van der Waals surface area contributed by atoms with E-state index in [1.165, 1.54) is 66.8 Å². The second-order valence-corrected chi connectivity index (χ2v) is 36.4. The Kier molecular flexibility index (Phi) is 20.2. The first-order valence-electron chi connectivity index (χ1n) is 48.0. The van der Waals surface area contributed by atoms with Gasteiger partial charge in [0.25, 0.3) is 0 Å². The second-order valence-electron chi connectivity index (χ2n) is 36.4. The van der Waals surface area contributed by atoms with Crippen LogP contribution in [0.2, 0.25) is 0 Å². The van der Waals surface area contributed by atoms with E-state index in [-0.39, 0.29) is 23.7 Å². The highest BCUT2D eigenvalue weighted by atomic mass is 15.1. The van der Waals surface area contributed by atoms with E-state index >= 15 is 0 Å². The Morgan fingerprint density at radius 2 is 0.401 bits per heavy atom. The van der Waals surface area contributed by atoms with Crippen molar-refractivity contribution in [3.63, 3.8) is 0 Å². The van der Waals surface area contributed by atoms with Crippen molar-refractivity contribution < 1.29 is 0 Å². The fourth-order valence-corrected chi connectivity index (χ4v) is 21.6. The van der Waals surface area contributed by atoms with Crippen LogP contribution in [0.3, 0.4) is 0 Å². The molecule has 142 heavy (non-hydrogen) atoms. The molecule has 6 aliphatic carbocycles. The van der Waals surface area contributed by atoms with Crippen LogP contribution in [0.15, 0.2) is 473 Å². The molecule has 0 fully saturated rings. The lowest BCUT2D eigenvalue weighted by Gasteiger charge is -2.42. The van der Waals surface area contributed by atoms with Crippen LogP contribution in [0.1, 0.15) is 90.4 Å². The Balaban J connectivity index is 0.000000142. The molecule has 0 saturated carbocycles. The van der Waals surface area contributed by atoms with Crippen molar-refractivity contribution in [2.45, 2.75) is 23.7 Å². The Morgan fingerprint density at radius 1 is 0.148 bits per heavy atom. The molecule has 4 atom stereocenters. The van der Waals surface area contributed by atoms with Gasteiger partial charge in [0, 0.05) is 107 Å². The highest BCUT2D eigenvalue weighted by Gasteiger charge is 2.44. The van der Waals surface area contributed by atoms with Crippen molar-refractivity contribution >= 4 is 22.1 Å². The van der Waals surface area contributed by atoms with Crippen molar-refractivity contribution in [2.24, 2.45) is 0 Å². The molecule has 14 heteroatoms. The zero-order chi connectivity index (χ0) is 93.7. The molecule has 18 aromatic carbocycles. The summed E-state index contributed by atoms with van der Waals surface area (Å²) in [6.45, 7) is 0. The van der Waals surface area contributed by atoms with Crippen molar-refractivity contribution in [3.05, 3.63) is 540 Å². The molecule has 0 aliphatic heterocycles. The molecule has 24 aromatic rings. The fraction of sp³-hybridized carbons (Fsp3) is 0.0312. The number of fused-ring (bicyclic) bond motifs is 2. The molecule has 14 nitrogen and oxygen atoms in total. The Bertz CT molecular complexity index is 8930. The summed E-state index contributed by atoms with van der Waals surface area (Å²) in [7, 11) is 0. The summed E-state index contributed by atoms with van der Waals surface area (Å²) in [6.07, 6.45) is 0. The van der Waals surface area contributed by atoms with Crippen LogP contribution >= 0.6 is 0 Å². The van der Waals surface area contributed by atoms with E-state index in [2.05, 4.69) is 349 Å². The molecule has 4 bridgehead atoms. The van der Waals surface area contributed by atoms with E-state index in [1.54, 1.807) is 0 Å². The van der Waals surface area contributed by atoms with Gasteiger partial charge in [-0.1, -0.05) is 394 Å². The SMILES string of the molecule is c1ccc(-c2nc(-c3ccc4c(c3)C3c5ccccc5C4c4cc(-c5nc(-c6ccccc6)nc(-c6ccccc6)n5)ccc43)cc(-c3ccccc3-n3c(-c4ccccc4)nc4ccccc43)n2)cc1.c1ccc(-c2nc(-c3cccc(-n4c(-c5ccccc5)nc5ccccc54)c3)cc(-c3ccc4c(c3)C3c5ccccc5C4c4cc(-c5nc(-c6ccccc6)nc(-c6ccccc6)n5)ccc43)n2)cc1. The number of rotatable bonds is 16. The lowest BCUT2D eigenvalue weighted by Crippen LogP contribution is -2.27. The summed E-state index contributed by atoms with van der Waals surface area (Å²) >= 11 is 0. The fourth-order valence-electron chi connectivity index (χ4n) is 21.6. The van der Waals surface area contributed by atoms with Crippen molar-refractivity contribution in [3.8, 4) is 170 Å². The number of imidazole rings is 2. The molecule has 0 N–H and O–H groups in total. The van der Waals surface area contributed by atoms with Crippen LogP contribution in [-0.2, 0) is 0 Å². The van der Waals surface area contributed by atoms with Crippen LogP contribution in [0, 0.1) is 0 Å². The maximum Gasteiger partial charge on any atom is 0.164 e. The summed E-state index contributed by atoms with van der Waals surface area (Å²) in [4.78, 5) is 62.0. The van der Waals surface area contributed by atoms with Gasteiger partial charge in [0.1, 0.15) is 11.6 Å². The van der Waals surface area contributed by atoms with Gasteiger partial charge < -0.3 is 0 Å². The summed E-state index contributed by atoms with van der Waals surface area (Å²) in [5.74, 6) is 7.11. The van der Waals surface area contributed by atoms with Crippen LogP contribution in [0.25, 0.3) is 192 Å². The standard InChI is InChI=1S/2C64H41N7/c1-5-19-40(20-6-1)60-65-54(39-55(66-60)50-29-15-17-31-56(50)71-57-32-18-16-30-53(57)67-64(71)43-25-11-4-12-26-43)44-33-35-48-51(37-44)58-46-27-13-14-28-47(46)59(48)52-38-45(34-36-49(52)58)63-69-61(41-21-7-2-8-22-41)68-62(70-63)42-23-9-3-10-24-42;1-5-18-40(19-6-1)60-65-55(44-26-17-27-47(36-44)71-57-31-16-15-30-54(57)67-64(71)43-24-11-4-12-25-43)39-56(66-60)45-32-34-50-52(37-45)58-48-28-13-14-29-49(48)59(50)53-38-46(33-35-51(53)58)63-69-61(41-20-7-2-8-21-41)68-62(70-63)42-22-9-3-10-23-42/h2*1-39,58-59H. The maximum atomic E-state index is 5.36.